The Kier molecular flexibility index (Phi) is 4.79. The number of hydrazone groups is 1. The number of fused-ring (bicyclic) bond motifs is 1. The molecular formula is C19H21N5O. The van der Waals surface area contributed by atoms with E-state index in [2.05, 4.69) is 15.5 Å². The first-order valence-corrected chi connectivity index (χ1v) is 8.05. The predicted molar refractivity (Wildman–Crippen MR) is 101 cm³/mol. The summed E-state index contributed by atoms with van der Waals surface area (Å²) in [6, 6.07) is 15.7. The van der Waals surface area contributed by atoms with Crippen LogP contribution in [0.1, 0.15) is 12.5 Å². The number of carbonyl (C=O) groups is 1. The summed E-state index contributed by atoms with van der Waals surface area (Å²) in [6.07, 6.45) is 1.67. The minimum absolute atomic E-state index is 0.177. The molecule has 0 aliphatic heterocycles. The van der Waals surface area contributed by atoms with Gasteiger partial charge in [-0.1, -0.05) is 24.3 Å². The van der Waals surface area contributed by atoms with Crippen LogP contribution in [-0.4, -0.2) is 35.3 Å². The van der Waals surface area contributed by atoms with Crippen LogP contribution in [0.5, 0.6) is 0 Å². The van der Waals surface area contributed by atoms with Crippen LogP contribution < -0.4 is 10.3 Å². The van der Waals surface area contributed by atoms with Gasteiger partial charge in [-0.25, -0.2) is 10.4 Å². The molecule has 0 unspecified atom stereocenters. The van der Waals surface area contributed by atoms with Gasteiger partial charge >= 0.3 is 0 Å². The topological polar surface area (TPSA) is 62.5 Å². The molecule has 1 heterocycles. The first-order valence-electron chi connectivity index (χ1n) is 8.05. The molecule has 0 saturated heterocycles. The third-order valence-corrected chi connectivity index (χ3v) is 3.99. The van der Waals surface area contributed by atoms with Crippen molar-refractivity contribution in [1.82, 2.24) is 15.0 Å². The Morgan fingerprint density at radius 2 is 1.88 bits per heavy atom. The Hall–Kier alpha value is -3.15. The van der Waals surface area contributed by atoms with E-state index < -0.39 is 0 Å². The van der Waals surface area contributed by atoms with Gasteiger partial charge < -0.3 is 9.47 Å². The second-order valence-corrected chi connectivity index (χ2v) is 6.03. The van der Waals surface area contributed by atoms with Gasteiger partial charge in [-0.05, 0) is 36.8 Å². The van der Waals surface area contributed by atoms with Crippen LogP contribution in [0, 0.1) is 0 Å². The molecule has 0 saturated carbocycles. The summed E-state index contributed by atoms with van der Waals surface area (Å²) in [5.41, 5.74) is 7.26. The third kappa shape index (κ3) is 3.85. The van der Waals surface area contributed by atoms with Crippen LogP contribution in [0.15, 0.2) is 60.0 Å². The van der Waals surface area contributed by atoms with Crippen LogP contribution in [0.4, 0.5) is 5.69 Å². The maximum atomic E-state index is 12.2. The number of nitrogens with one attached hydrogen (secondary N) is 1. The van der Waals surface area contributed by atoms with Crippen molar-refractivity contribution < 1.29 is 4.79 Å². The molecule has 0 aliphatic rings. The van der Waals surface area contributed by atoms with Gasteiger partial charge in [-0.2, -0.15) is 5.10 Å². The minimum Gasteiger partial charge on any atom is -0.378 e. The molecule has 0 bridgehead atoms. The number of imidazole rings is 1. The number of carbonyl (C=O) groups excluding carboxylic acids is 1. The summed E-state index contributed by atoms with van der Waals surface area (Å²) in [6.45, 7) is 2.05. The normalized spacial score (nSPS) is 11.6. The molecule has 2 aromatic carbocycles. The molecule has 128 valence electrons. The second kappa shape index (κ2) is 7.17. The highest BCUT2D eigenvalue weighted by molar-refractivity contribution is 5.99. The lowest BCUT2D eigenvalue weighted by atomic mass is 10.1. The molecule has 0 aliphatic carbocycles. The second-order valence-electron chi connectivity index (χ2n) is 6.03. The smallest absolute Gasteiger partial charge is 0.260 e. The number of hydrogen-bond acceptors (Lipinski definition) is 4. The zero-order valence-corrected chi connectivity index (χ0v) is 14.6. The molecule has 3 rings (SSSR count). The van der Waals surface area contributed by atoms with Crippen molar-refractivity contribution in [2.45, 2.75) is 13.5 Å². The van der Waals surface area contributed by atoms with Crippen molar-refractivity contribution >= 4 is 28.3 Å². The van der Waals surface area contributed by atoms with E-state index in [1.54, 1.807) is 10.9 Å². The van der Waals surface area contributed by atoms with E-state index in [0.29, 0.717) is 0 Å². The summed E-state index contributed by atoms with van der Waals surface area (Å²) in [5, 5.41) is 4.20. The summed E-state index contributed by atoms with van der Waals surface area (Å²) in [4.78, 5) is 18.5. The van der Waals surface area contributed by atoms with Crippen LogP contribution >= 0.6 is 0 Å². The fraction of sp³-hybridized carbons (Fsp3) is 0.211. The van der Waals surface area contributed by atoms with Crippen molar-refractivity contribution in [3.05, 3.63) is 60.4 Å². The van der Waals surface area contributed by atoms with Gasteiger partial charge in [0.15, 0.2) is 0 Å². The number of nitrogens with zero attached hydrogens (tertiary/aromatic N) is 4. The fourth-order valence-electron chi connectivity index (χ4n) is 2.54. The Morgan fingerprint density at radius 1 is 1.16 bits per heavy atom. The van der Waals surface area contributed by atoms with E-state index in [9.17, 15) is 4.79 Å². The Bertz CT molecular complexity index is 909. The number of benzene rings is 2. The van der Waals surface area contributed by atoms with Gasteiger partial charge in [0.05, 0.1) is 23.1 Å². The van der Waals surface area contributed by atoms with Crippen molar-refractivity contribution in [2.24, 2.45) is 5.10 Å². The van der Waals surface area contributed by atoms with Gasteiger partial charge in [-0.3, -0.25) is 4.79 Å². The van der Waals surface area contributed by atoms with Crippen LogP contribution in [-0.2, 0) is 11.3 Å². The summed E-state index contributed by atoms with van der Waals surface area (Å²) < 4.78 is 1.81. The summed E-state index contributed by atoms with van der Waals surface area (Å²) in [7, 11) is 3.99. The quantitative estimate of drug-likeness (QED) is 0.576. The molecule has 3 aromatic rings. The molecule has 25 heavy (non-hydrogen) atoms. The van der Waals surface area contributed by atoms with Gasteiger partial charge in [-0.15, -0.1) is 0 Å². The first-order chi connectivity index (χ1) is 12.0. The van der Waals surface area contributed by atoms with Gasteiger partial charge in [0.1, 0.15) is 6.54 Å². The number of para-hydroxylation sites is 2. The lowest BCUT2D eigenvalue weighted by Gasteiger charge is -2.12. The molecule has 1 N–H and O–H groups in total. The van der Waals surface area contributed by atoms with Crippen molar-refractivity contribution in [1.29, 1.82) is 0 Å². The number of aromatic nitrogens is 2. The first kappa shape index (κ1) is 16.7. The number of amides is 1. The molecule has 0 spiro atoms. The molecule has 6 nitrogen and oxygen atoms in total. The van der Waals surface area contributed by atoms with Gasteiger partial charge in [0.2, 0.25) is 0 Å². The molecule has 1 amide bonds. The zero-order valence-electron chi connectivity index (χ0n) is 14.6. The summed E-state index contributed by atoms with van der Waals surface area (Å²) >= 11 is 0. The van der Waals surface area contributed by atoms with E-state index in [1.165, 1.54) is 0 Å². The molecule has 6 heteroatoms. The molecule has 0 radical (unpaired) electrons. The fourth-order valence-corrected chi connectivity index (χ4v) is 2.54. The van der Waals surface area contributed by atoms with E-state index >= 15 is 0 Å². The highest BCUT2D eigenvalue weighted by Gasteiger charge is 2.07. The van der Waals surface area contributed by atoms with E-state index in [4.69, 9.17) is 0 Å². The lowest BCUT2D eigenvalue weighted by molar-refractivity contribution is -0.121. The molecular weight excluding hydrogens is 314 g/mol. The molecule has 1 aromatic heterocycles. The average Bonchev–Trinajstić information content (AvgIpc) is 3.03. The highest BCUT2D eigenvalue weighted by atomic mass is 16.2. The standard InChI is InChI=1S/C19H21N5O/c1-14(15-8-10-16(11-9-15)23(2)3)21-22-19(25)12-24-13-20-17-6-4-5-7-18(17)24/h4-11,13H,12H2,1-3H3,(H,22,25)/b21-14-. The minimum atomic E-state index is -0.188. The lowest BCUT2D eigenvalue weighted by Crippen LogP contribution is -2.24. The van der Waals surface area contributed by atoms with Gasteiger partial charge in [0, 0.05) is 19.8 Å². The number of anilines is 1. The maximum absolute atomic E-state index is 12.2. The average molecular weight is 335 g/mol. The zero-order chi connectivity index (χ0) is 17.8. The highest BCUT2D eigenvalue weighted by Crippen LogP contribution is 2.13. The largest absolute Gasteiger partial charge is 0.378 e. The monoisotopic (exact) mass is 335 g/mol. The van der Waals surface area contributed by atoms with E-state index in [1.807, 2.05) is 74.4 Å². The van der Waals surface area contributed by atoms with Crippen molar-refractivity contribution in [3.63, 3.8) is 0 Å². The molecule has 0 fully saturated rings. The van der Waals surface area contributed by atoms with Crippen LogP contribution in [0.2, 0.25) is 0 Å². The Morgan fingerprint density at radius 3 is 2.60 bits per heavy atom. The Balaban J connectivity index is 1.65. The van der Waals surface area contributed by atoms with Crippen LogP contribution in [0.25, 0.3) is 11.0 Å². The van der Waals surface area contributed by atoms with Crippen molar-refractivity contribution in [3.8, 4) is 0 Å². The number of hydrogen-bond donors (Lipinski definition) is 1. The third-order valence-electron chi connectivity index (χ3n) is 3.99. The number of rotatable bonds is 5. The Labute approximate surface area is 146 Å². The van der Waals surface area contributed by atoms with E-state index in [-0.39, 0.29) is 12.5 Å². The van der Waals surface area contributed by atoms with Crippen LogP contribution in [0.3, 0.4) is 0 Å². The van der Waals surface area contributed by atoms with E-state index in [0.717, 1.165) is 28.0 Å². The SMILES string of the molecule is C/C(=N/NC(=O)Cn1cnc2ccccc21)c1ccc(N(C)C)cc1. The van der Waals surface area contributed by atoms with Gasteiger partial charge in [0.25, 0.3) is 5.91 Å². The summed E-state index contributed by atoms with van der Waals surface area (Å²) in [5.74, 6) is -0.188. The predicted octanol–water partition coefficient (Wildman–Crippen LogP) is 2.64. The molecule has 0 atom stereocenters. The maximum Gasteiger partial charge on any atom is 0.260 e. The van der Waals surface area contributed by atoms with Crippen molar-refractivity contribution in [2.75, 3.05) is 19.0 Å².